The van der Waals surface area contributed by atoms with Gasteiger partial charge >= 0.3 is 0 Å². The van der Waals surface area contributed by atoms with Gasteiger partial charge in [-0.05, 0) is 46.0 Å². The van der Waals surface area contributed by atoms with Crippen LogP contribution in [0, 0.1) is 0 Å². The van der Waals surface area contributed by atoms with Crippen molar-refractivity contribution >= 4 is 29.5 Å². The molecule has 0 fully saturated rings. The highest BCUT2D eigenvalue weighted by molar-refractivity contribution is 6.08. The lowest BCUT2D eigenvalue weighted by Crippen LogP contribution is -2.29. The summed E-state index contributed by atoms with van der Waals surface area (Å²) in [5, 5.41) is 3.92. The number of aromatic amines is 1. The Balaban J connectivity index is 0.000000172. The first-order valence-electron chi connectivity index (χ1n) is 12.9. The number of H-pyrrole nitrogens is 1. The number of aromatic nitrogens is 1. The predicted octanol–water partition coefficient (Wildman–Crippen LogP) is 8.17. The van der Waals surface area contributed by atoms with E-state index in [0.29, 0.717) is 0 Å². The van der Waals surface area contributed by atoms with Gasteiger partial charge < -0.3 is 4.98 Å². The number of rotatable bonds is 6. The van der Waals surface area contributed by atoms with Gasteiger partial charge in [0.25, 0.3) is 0 Å². The topological polar surface area (TPSA) is 15.8 Å². The molecule has 0 aliphatic carbocycles. The lowest BCUT2D eigenvalue weighted by Gasteiger charge is -2.36. The Labute approximate surface area is 215 Å². The average molecular weight is 465 g/mol. The third-order valence-corrected chi connectivity index (χ3v) is 7.16. The Bertz CT molecular complexity index is 1410. The van der Waals surface area contributed by atoms with Crippen LogP contribution in [0.2, 0.25) is 6.32 Å². The van der Waals surface area contributed by atoms with Crippen LogP contribution < -0.4 is 0 Å². The summed E-state index contributed by atoms with van der Waals surface area (Å²) in [6.45, 7) is 0. The molecule has 6 aromatic rings. The molecule has 0 aliphatic heterocycles. The van der Waals surface area contributed by atoms with Crippen LogP contribution in [-0.2, 0) is 5.41 Å². The number of nitrogens with one attached hydrogen (secondary N) is 1. The fourth-order valence-electron chi connectivity index (χ4n) is 5.36. The molecular weight excluding hydrogens is 433 g/mol. The van der Waals surface area contributed by atoms with Crippen molar-refractivity contribution in [3.05, 3.63) is 156 Å². The molecular formula is C34H32BN. The van der Waals surface area contributed by atoms with E-state index < -0.39 is 0 Å². The lowest BCUT2D eigenvalue weighted by molar-refractivity contribution is 0.550. The molecule has 1 heterocycles. The van der Waals surface area contributed by atoms with Crippen molar-refractivity contribution in [3.63, 3.8) is 0 Å². The van der Waals surface area contributed by atoms with E-state index in [-0.39, 0.29) is 5.41 Å². The van der Waals surface area contributed by atoms with Gasteiger partial charge in [0.1, 0.15) is 7.85 Å². The molecule has 1 nitrogen and oxygen atoms in total. The second kappa shape index (κ2) is 11.1. The van der Waals surface area contributed by atoms with Crippen LogP contribution in [0.5, 0.6) is 0 Å². The van der Waals surface area contributed by atoms with E-state index in [4.69, 9.17) is 0 Å². The summed E-state index contributed by atoms with van der Waals surface area (Å²) in [6, 6.07) is 47.7. The summed E-state index contributed by atoms with van der Waals surface area (Å²) >= 11 is 0. The third kappa shape index (κ3) is 4.72. The molecule has 0 aliphatic rings. The van der Waals surface area contributed by atoms with Crippen LogP contribution in [0.15, 0.2) is 140 Å². The Morgan fingerprint density at radius 3 is 1.61 bits per heavy atom. The first kappa shape index (κ1) is 23.7. The summed E-state index contributed by atoms with van der Waals surface area (Å²) in [6.07, 6.45) is 5.52. The summed E-state index contributed by atoms with van der Waals surface area (Å²) in [5.74, 6) is 0. The van der Waals surface area contributed by atoms with E-state index in [2.05, 4.69) is 146 Å². The molecule has 0 spiro atoms. The van der Waals surface area contributed by atoms with Gasteiger partial charge in [-0.3, -0.25) is 0 Å². The van der Waals surface area contributed by atoms with Crippen molar-refractivity contribution in [1.29, 1.82) is 0 Å². The highest BCUT2D eigenvalue weighted by Crippen LogP contribution is 2.43. The predicted molar refractivity (Wildman–Crippen MR) is 158 cm³/mol. The van der Waals surface area contributed by atoms with Crippen molar-refractivity contribution in [3.8, 4) is 0 Å². The van der Waals surface area contributed by atoms with E-state index in [1.165, 1.54) is 51.1 Å². The largest absolute Gasteiger partial charge is 0.361 e. The molecule has 2 heteroatoms. The monoisotopic (exact) mass is 465 g/mol. The highest BCUT2D eigenvalue weighted by Gasteiger charge is 2.35. The van der Waals surface area contributed by atoms with Crippen LogP contribution in [0.1, 0.15) is 29.5 Å². The van der Waals surface area contributed by atoms with Crippen LogP contribution in [0.25, 0.3) is 21.7 Å². The van der Waals surface area contributed by atoms with E-state index in [0.717, 1.165) is 6.42 Å². The van der Waals surface area contributed by atoms with Crippen LogP contribution in [0.3, 0.4) is 0 Å². The van der Waals surface area contributed by atoms with Crippen molar-refractivity contribution in [1.82, 2.24) is 4.98 Å². The average Bonchev–Trinajstić information content (AvgIpc) is 3.45. The van der Waals surface area contributed by atoms with Crippen molar-refractivity contribution in [2.45, 2.75) is 24.6 Å². The smallest absolute Gasteiger partial charge is 0.101 e. The molecule has 176 valence electrons. The first-order valence-corrected chi connectivity index (χ1v) is 12.9. The molecule has 0 saturated carbocycles. The number of hydrogen-bond acceptors (Lipinski definition) is 0. The zero-order chi connectivity index (χ0) is 24.6. The molecule has 1 N–H and O–H groups in total. The molecule has 0 saturated heterocycles. The fraction of sp³-hybridized carbons (Fsp3) is 0.118. The molecule has 0 radical (unpaired) electrons. The minimum Gasteiger partial charge on any atom is -0.361 e. The van der Waals surface area contributed by atoms with Crippen LogP contribution in [0.4, 0.5) is 0 Å². The Morgan fingerprint density at radius 2 is 1.06 bits per heavy atom. The van der Waals surface area contributed by atoms with Crippen LogP contribution >= 0.6 is 0 Å². The van der Waals surface area contributed by atoms with Crippen LogP contribution in [-0.4, -0.2) is 12.8 Å². The SMILES string of the molecule is BCCCC(c1ccccc1)(c1ccccc1)c1ccccc1.c1ccc2c(c1)ccc1[nH]ccc12. The zero-order valence-corrected chi connectivity index (χ0v) is 20.9. The first-order chi connectivity index (χ1) is 17.8. The van der Waals surface area contributed by atoms with Crippen molar-refractivity contribution < 1.29 is 0 Å². The van der Waals surface area contributed by atoms with Gasteiger partial charge in [0.2, 0.25) is 0 Å². The second-order valence-corrected chi connectivity index (χ2v) is 9.33. The number of hydrogen-bond donors (Lipinski definition) is 1. The molecule has 0 bridgehead atoms. The molecule has 36 heavy (non-hydrogen) atoms. The Hall–Kier alpha value is -4.04. The van der Waals surface area contributed by atoms with E-state index >= 15 is 0 Å². The Morgan fingerprint density at radius 1 is 0.528 bits per heavy atom. The Kier molecular flexibility index (Phi) is 7.33. The zero-order valence-electron chi connectivity index (χ0n) is 20.9. The minimum absolute atomic E-state index is 0.0697. The standard InChI is InChI=1S/C22H23B.C12H9N/c23-18-10-17-22(19-11-4-1-5-12-19,20-13-6-2-7-14-20)21-15-8-3-9-16-21;1-2-4-10-9(3-1)5-6-12-11(10)7-8-13-12/h1-9,11-16H,10,17-18,23H2;1-8,13H. The molecule has 6 rings (SSSR count). The number of benzene rings is 5. The summed E-state index contributed by atoms with van der Waals surface area (Å²) in [4.78, 5) is 3.21. The van der Waals surface area contributed by atoms with Gasteiger partial charge in [0.15, 0.2) is 0 Å². The second-order valence-electron chi connectivity index (χ2n) is 9.33. The summed E-state index contributed by atoms with van der Waals surface area (Å²) < 4.78 is 0. The summed E-state index contributed by atoms with van der Waals surface area (Å²) in [5.41, 5.74) is 5.28. The molecule has 0 unspecified atom stereocenters. The van der Waals surface area contributed by atoms with Crippen molar-refractivity contribution in [2.24, 2.45) is 0 Å². The van der Waals surface area contributed by atoms with Gasteiger partial charge in [-0.2, -0.15) is 0 Å². The molecule has 5 aromatic carbocycles. The third-order valence-electron chi connectivity index (χ3n) is 7.16. The fourth-order valence-corrected chi connectivity index (χ4v) is 5.36. The quantitative estimate of drug-likeness (QED) is 0.189. The normalized spacial score (nSPS) is 11.2. The van der Waals surface area contributed by atoms with Gasteiger partial charge in [0.05, 0.1) is 0 Å². The maximum absolute atomic E-state index is 3.21. The maximum Gasteiger partial charge on any atom is 0.101 e. The molecule has 1 aromatic heterocycles. The van der Waals surface area contributed by atoms with Gasteiger partial charge in [-0.15, -0.1) is 0 Å². The lowest BCUT2D eigenvalue weighted by atomic mass is 9.66. The summed E-state index contributed by atoms with van der Waals surface area (Å²) in [7, 11) is 2.27. The van der Waals surface area contributed by atoms with Gasteiger partial charge in [0, 0.05) is 22.5 Å². The number of fused-ring (bicyclic) bond motifs is 3. The van der Waals surface area contributed by atoms with E-state index in [1.807, 2.05) is 6.20 Å². The highest BCUT2D eigenvalue weighted by atomic mass is 14.7. The van der Waals surface area contributed by atoms with E-state index in [9.17, 15) is 0 Å². The van der Waals surface area contributed by atoms with Crippen molar-refractivity contribution in [2.75, 3.05) is 0 Å². The van der Waals surface area contributed by atoms with E-state index in [1.54, 1.807) is 0 Å². The van der Waals surface area contributed by atoms with Gasteiger partial charge in [-0.25, -0.2) is 0 Å². The van der Waals surface area contributed by atoms with Gasteiger partial charge in [-0.1, -0.05) is 134 Å². The molecule has 0 amide bonds. The minimum atomic E-state index is -0.0697. The maximum atomic E-state index is 3.21. The molecule has 0 atom stereocenters.